The summed E-state index contributed by atoms with van der Waals surface area (Å²) in [5.41, 5.74) is 0. The lowest BCUT2D eigenvalue weighted by atomic mass is 9.81. The van der Waals surface area contributed by atoms with Gasteiger partial charge in [-0.2, -0.15) is 13.2 Å². The number of rotatable bonds is 5. The third kappa shape index (κ3) is 5.01. The van der Waals surface area contributed by atoms with Crippen molar-refractivity contribution in [2.24, 2.45) is 11.8 Å². The molecule has 2 rings (SSSR count). The second-order valence-corrected chi connectivity index (χ2v) is 5.78. The van der Waals surface area contributed by atoms with Crippen molar-refractivity contribution in [3.63, 3.8) is 0 Å². The maximum Gasteiger partial charge on any atom is 0.406 e. The summed E-state index contributed by atoms with van der Waals surface area (Å²) in [4.78, 5) is 24.1. The zero-order chi connectivity index (χ0) is 17.0. The number of halogens is 3. The molecule has 1 N–H and O–H groups in total. The number of carbonyl (C=O) groups excluding carboxylic acids is 1. The fourth-order valence-corrected chi connectivity index (χ4v) is 2.86. The van der Waals surface area contributed by atoms with E-state index in [0.29, 0.717) is 25.7 Å². The van der Waals surface area contributed by atoms with Crippen molar-refractivity contribution in [3.05, 3.63) is 24.2 Å². The van der Waals surface area contributed by atoms with Crippen molar-refractivity contribution in [2.75, 3.05) is 6.54 Å². The van der Waals surface area contributed by atoms with Gasteiger partial charge in [0.05, 0.1) is 18.7 Å². The number of alkyl halides is 3. The van der Waals surface area contributed by atoms with Gasteiger partial charge in [-0.25, -0.2) is 0 Å². The van der Waals surface area contributed by atoms with Gasteiger partial charge in [-0.1, -0.05) is 0 Å². The topological polar surface area (TPSA) is 70.8 Å². The van der Waals surface area contributed by atoms with Crippen LogP contribution in [0.2, 0.25) is 0 Å². The standard InChI is InChI=1S/C15H18F3NO4/c16-15(17,18)9-19(8-12-2-1-7-23-12)13(20)10-3-5-11(6-4-10)14(21)22/h1-2,7,10-11H,3-6,8-9H2,(H,21,22). The zero-order valence-corrected chi connectivity index (χ0v) is 12.4. The van der Waals surface area contributed by atoms with Crippen LogP contribution >= 0.6 is 0 Å². The SMILES string of the molecule is O=C(O)C1CCC(C(=O)N(Cc2ccco2)CC(F)(F)F)CC1. The van der Waals surface area contributed by atoms with Crippen molar-refractivity contribution in [2.45, 2.75) is 38.4 Å². The first-order chi connectivity index (χ1) is 10.8. The number of hydrogen-bond donors (Lipinski definition) is 1. The Balaban J connectivity index is 2.03. The average molecular weight is 333 g/mol. The van der Waals surface area contributed by atoms with Crippen molar-refractivity contribution in [1.82, 2.24) is 4.90 Å². The normalized spacial score (nSPS) is 21.9. The predicted octanol–water partition coefficient (Wildman–Crippen LogP) is 3.06. The molecule has 1 heterocycles. The summed E-state index contributed by atoms with van der Waals surface area (Å²) in [5, 5.41) is 8.94. The fraction of sp³-hybridized carbons (Fsp3) is 0.600. The third-order valence-electron chi connectivity index (χ3n) is 4.03. The number of nitrogens with zero attached hydrogens (tertiary/aromatic N) is 1. The smallest absolute Gasteiger partial charge is 0.406 e. The van der Waals surface area contributed by atoms with Crippen LogP contribution in [0.15, 0.2) is 22.8 Å². The van der Waals surface area contributed by atoms with Gasteiger partial charge in [0.15, 0.2) is 0 Å². The van der Waals surface area contributed by atoms with E-state index >= 15 is 0 Å². The van der Waals surface area contributed by atoms with Crippen molar-refractivity contribution in [3.8, 4) is 0 Å². The molecule has 5 nitrogen and oxygen atoms in total. The molecule has 1 aliphatic carbocycles. The Morgan fingerprint density at radius 1 is 1.22 bits per heavy atom. The molecule has 0 atom stereocenters. The van der Waals surface area contributed by atoms with Gasteiger partial charge in [0.2, 0.25) is 5.91 Å². The molecule has 0 aromatic carbocycles. The summed E-state index contributed by atoms with van der Waals surface area (Å²) in [6, 6.07) is 3.06. The van der Waals surface area contributed by atoms with Crippen molar-refractivity contribution < 1.29 is 32.3 Å². The molecule has 1 amide bonds. The van der Waals surface area contributed by atoms with Gasteiger partial charge in [0.1, 0.15) is 12.3 Å². The second-order valence-electron chi connectivity index (χ2n) is 5.78. The predicted molar refractivity (Wildman–Crippen MR) is 73.3 cm³/mol. The Bertz CT molecular complexity index is 533. The Hall–Kier alpha value is -1.99. The molecule has 0 unspecified atom stereocenters. The minimum absolute atomic E-state index is 0.246. The van der Waals surface area contributed by atoms with E-state index in [1.54, 1.807) is 6.07 Å². The molecule has 23 heavy (non-hydrogen) atoms. The largest absolute Gasteiger partial charge is 0.481 e. The van der Waals surface area contributed by atoms with E-state index in [2.05, 4.69) is 0 Å². The zero-order valence-electron chi connectivity index (χ0n) is 12.4. The summed E-state index contributed by atoms with van der Waals surface area (Å²) in [5.74, 6) is -2.31. The maximum atomic E-state index is 12.7. The van der Waals surface area contributed by atoms with Gasteiger partial charge < -0.3 is 14.4 Å². The molecule has 1 fully saturated rings. The summed E-state index contributed by atoms with van der Waals surface area (Å²) in [6.45, 7) is -1.59. The van der Waals surface area contributed by atoms with Crippen LogP contribution in [0.25, 0.3) is 0 Å². The van der Waals surface area contributed by atoms with Gasteiger partial charge >= 0.3 is 12.1 Å². The Kier molecular flexibility index (Phi) is 5.33. The maximum absolute atomic E-state index is 12.7. The quantitative estimate of drug-likeness (QED) is 0.899. The van der Waals surface area contributed by atoms with E-state index in [1.807, 2.05) is 0 Å². The highest BCUT2D eigenvalue weighted by Crippen LogP contribution is 2.31. The van der Waals surface area contributed by atoms with Gasteiger partial charge in [-0.05, 0) is 37.8 Å². The van der Waals surface area contributed by atoms with E-state index in [0.717, 1.165) is 4.90 Å². The van der Waals surface area contributed by atoms with Crippen LogP contribution in [0.1, 0.15) is 31.4 Å². The lowest BCUT2D eigenvalue weighted by Gasteiger charge is -2.31. The monoisotopic (exact) mass is 333 g/mol. The number of carbonyl (C=O) groups is 2. The summed E-state index contributed by atoms with van der Waals surface area (Å²) in [6.07, 6.45) is -1.95. The number of carboxylic acid groups (broad SMARTS) is 1. The minimum atomic E-state index is -4.50. The molecule has 0 aliphatic heterocycles. The molecule has 8 heteroatoms. The van der Waals surface area contributed by atoms with E-state index in [-0.39, 0.29) is 12.3 Å². The van der Waals surface area contributed by atoms with E-state index in [4.69, 9.17) is 9.52 Å². The molecule has 0 saturated heterocycles. The Morgan fingerprint density at radius 2 is 1.83 bits per heavy atom. The first-order valence-electron chi connectivity index (χ1n) is 7.37. The number of furan rings is 1. The van der Waals surface area contributed by atoms with Crippen molar-refractivity contribution >= 4 is 11.9 Å². The van der Waals surface area contributed by atoms with Crippen molar-refractivity contribution in [1.29, 1.82) is 0 Å². The minimum Gasteiger partial charge on any atom is -0.481 e. The average Bonchev–Trinajstić information content (AvgIpc) is 2.97. The number of aliphatic carboxylic acids is 1. The molecular formula is C15H18F3NO4. The highest BCUT2D eigenvalue weighted by atomic mass is 19.4. The molecule has 128 valence electrons. The number of hydrogen-bond acceptors (Lipinski definition) is 3. The molecular weight excluding hydrogens is 315 g/mol. The Morgan fingerprint density at radius 3 is 2.30 bits per heavy atom. The lowest BCUT2D eigenvalue weighted by molar-refractivity contribution is -0.166. The molecule has 0 radical (unpaired) electrons. The molecule has 1 aromatic heterocycles. The molecule has 0 bridgehead atoms. The van der Waals surface area contributed by atoms with Gasteiger partial charge in [-0.15, -0.1) is 0 Å². The highest BCUT2D eigenvalue weighted by Gasteiger charge is 2.37. The number of amides is 1. The van der Waals surface area contributed by atoms with Gasteiger partial charge in [-0.3, -0.25) is 9.59 Å². The van der Waals surface area contributed by atoms with Gasteiger partial charge in [0, 0.05) is 5.92 Å². The molecule has 1 aliphatic rings. The summed E-state index contributed by atoms with van der Waals surface area (Å²) in [7, 11) is 0. The van der Waals surface area contributed by atoms with Crippen LogP contribution in [0.3, 0.4) is 0 Å². The lowest BCUT2D eigenvalue weighted by Crippen LogP contribution is -2.42. The fourth-order valence-electron chi connectivity index (χ4n) is 2.86. The Labute approximate surface area is 131 Å². The molecule has 1 saturated carbocycles. The summed E-state index contributed by atoms with van der Waals surface area (Å²) >= 11 is 0. The van der Waals surface area contributed by atoms with Crippen LogP contribution in [0, 0.1) is 11.8 Å². The highest BCUT2D eigenvalue weighted by molar-refractivity contribution is 5.79. The molecule has 1 aromatic rings. The van der Waals surface area contributed by atoms with E-state index in [1.165, 1.54) is 12.3 Å². The van der Waals surface area contributed by atoms with Crippen LogP contribution in [0.5, 0.6) is 0 Å². The van der Waals surface area contributed by atoms with Gasteiger partial charge in [0.25, 0.3) is 0 Å². The summed E-state index contributed by atoms with van der Waals surface area (Å²) < 4.78 is 43.2. The number of carboxylic acids is 1. The van der Waals surface area contributed by atoms with Crippen LogP contribution in [-0.2, 0) is 16.1 Å². The third-order valence-corrected chi connectivity index (χ3v) is 4.03. The molecule has 0 spiro atoms. The first-order valence-corrected chi connectivity index (χ1v) is 7.37. The second kappa shape index (κ2) is 7.06. The van der Waals surface area contributed by atoms with Crippen LogP contribution in [-0.4, -0.2) is 34.6 Å². The van der Waals surface area contributed by atoms with E-state index in [9.17, 15) is 22.8 Å². The van der Waals surface area contributed by atoms with Crippen LogP contribution < -0.4 is 0 Å². The van der Waals surface area contributed by atoms with E-state index < -0.39 is 36.4 Å². The van der Waals surface area contributed by atoms with Crippen LogP contribution in [0.4, 0.5) is 13.2 Å². The first kappa shape index (κ1) is 17.4.